The zero-order chi connectivity index (χ0) is 11.3. The lowest BCUT2D eigenvalue weighted by Crippen LogP contribution is -2.39. The van der Waals surface area contributed by atoms with Gasteiger partial charge < -0.3 is 5.11 Å². The van der Waals surface area contributed by atoms with Crippen LogP contribution in [0.1, 0.15) is 26.3 Å². The standard InChI is InChI=1S/C13H21NO/c1-4-14(11(2)12(3)15)10-13-8-6-5-7-9-13/h5-9,11-12,15H,4,10H2,1-3H3. The first-order valence-corrected chi connectivity index (χ1v) is 5.61. The second kappa shape index (κ2) is 5.89. The molecule has 0 aliphatic carbocycles. The fraction of sp³-hybridized carbons (Fsp3) is 0.538. The molecule has 2 atom stereocenters. The summed E-state index contributed by atoms with van der Waals surface area (Å²) in [6, 6.07) is 10.6. The Bertz CT molecular complexity index is 271. The molecule has 84 valence electrons. The normalized spacial score (nSPS) is 15.3. The highest BCUT2D eigenvalue weighted by Crippen LogP contribution is 2.10. The Labute approximate surface area is 92.5 Å². The van der Waals surface area contributed by atoms with Crippen LogP contribution in [0.2, 0.25) is 0 Å². The van der Waals surface area contributed by atoms with Crippen molar-refractivity contribution in [3.8, 4) is 0 Å². The van der Waals surface area contributed by atoms with E-state index in [4.69, 9.17) is 0 Å². The fourth-order valence-electron chi connectivity index (χ4n) is 1.67. The maximum absolute atomic E-state index is 9.56. The van der Waals surface area contributed by atoms with Crippen LogP contribution in [0.5, 0.6) is 0 Å². The number of hydrogen-bond donors (Lipinski definition) is 1. The predicted molar refractivity (Wildman–Crippen MR) is 63.7 cm³/mol. The van der Waals surface area contributed by atoms with Crippen LogP contribution in [0.3, 0.4) is 0 Å². The minimum absolute atomic E-state index is 0.204. The molecule has 0 amide bonds. The van der Waals surface area contributed by atoms with Crippen molar-refractivity contribution in [1.29, 1.82) is 0 Å². The van der Waals surface area contributed by atoms with Gasteiger partial charge in [-0.05, 0) is 26.0 Å². The van der Waals surface area contributed by atoms with E-state index in [1.54, 1.807) is 0 Å². The van der Waals surface area contributed by atoms with Crippen LogP contribution >= 0.6 is 0 Å². The van der Waals surface area contributed by atoms with Gasteiger partial charge in [0.05, 0.1) is 6.10 Å². The van der Waals surface area contributed by atoms with E-state index in [-0.39, 0.29) is 12.1 Å². The summed E-state index contributed by atoms with van der Waals surface area (Å²) in [5, 5.41) is 9.56. The zero-order valence-electron chi connectivity index (χ0n) is 9.85. The van der Waals surface area contributed by atoms with Gasteiger partial charge in [-0.2, -0.15) is 0 Å². The zero-order valence-corrected chi connectivity index (χ0v) is 9.85. The molecule has 1 rings (SSSR count). The largest absolute Gasteiger partial charge is 0.392 e. The molecule has 0 aliphatic rings. The number of nitrogens with zero attached hydrogens (tertiary/aromatic N) is 1. The van der Waals surface area contributed by atoms with Crippen LogP contribution in [0.4, 0.5) is 0 Å². The Balaban J connectivity index is 2.62. The maximum atomic E-state index is 9.56. The molecule has 1 N–H and O–H groups in total. The van der Waals surface area contributed by atoms with Gasteiger partial charge >= 0.3 is 0 Å². The van der Waals surface area contributed by atoms with Gasteiger partial charge in [0.1, 0.15) is 0 Å². The average Bonchev–Trinajstić information content (AvgIpc) is 2.26. The minimum atomic E-state index is -0.284. The van der Waals surface area contributed by atoms with Crippen molar-refractivity contribution in [2.45, 2.75) is 39.5 Å². The molecule has 0 fully saturated rings. The summed E-state index contributed by atoms with van der Waals surface area (Å²) < 4.78 is 0. The molecule has 0 radical (unpaired) electrons. The summed E-state index contributed by atoms with van der Waals surface area (Å²) >= 11 is 0. The van der Waals surface area contributed by atoms with Crippen molar-refractivity contribution < 1.29 is 5.11 Å². The molecular weight excluding hydrogens is 186 g/mol. The Hall–Kier alpha value is -0.860. The number of aliphatic hydroxyl groups excluding tert-OH is 1. The lowest BCUT2D eigenvalue weighted by atomic mass is 10.1. The molecule has 0 bridgehead atoms. The Morgan fingerprint density at radius 3 is 2.27 bits per heavy atom. The monoisotopic (exact) mass is 207 g/mol. The number of hydrogen-bond acceptors (Lipinski definition) is 2. The van der Waals surface area contributed by atoms with E-state index >= 15 is 0 Å². The van der Waals surface area contributed by atoms with Crippen molar-refractivity contribution in [2.75, 3.05) is 6.54 Å². The second-order valence-corrected chi connectivity index (χ2v) is 4.03. The van der Waals surface area contributed by atoms with Gasteiger partial charge in [0.2, 0.25) is 0 Å². The topological polar surface area (TPSA) is 23.5 Å². The van der Waals surface area contributed by atoms with Crippen molar-refractivity contribution in [3.05, 3.63) is 35.9 Å². The Morgan fingerprint density at radius 2 is 1.80 bits per heavy atom. The number of rotatable bonds is 5. The SMILES string of the molecule is CCN(Cc1ccccc1)C(C)C(C)O. The molecule has 2 nitrogen and oxygen atoms in total. The van der Waals surface area contributed by atoms with Gasteiger partial charge in [0.15, 0.2) is 0 Å². The number of aliphatic hydroxyl groups is 1. The first-order chi connectivity index (χ1) is 7.15. The van der Waals surface area contributed by atoms with Crippen molar-refractivity contribution in [2.24, 2.45) is 0 Å². The lowest BCUT2D eigenvalue weighted by Gasteiger charge is -2.29. The van der Waals surface area contributed by atoms with Crippen molar-refractivity contribution in [1.82, 2.24) is 4.90 Å². The maximum Gasteiger partial charge on any atom is 0.0664 e. The lowest BCUT2D eigenvalue weighted by molar-refractivity contribution is 0.0694. The second-order valence-electron chi connectivity index (χ2n) is 4.03. The molecule has 2 heteroatoms. The molecule has 2 unspecified atom stereocenters. The highest BCUT2D eigenvalue weighted by atomic mass is 16.3. The van der Waals surface area contributed by atoms with E-state index in [0.717, 1.165) is 13.1 Å². The van der Waals surface area contributed by atoms with Crippen LogP contribution in [0.25, 0.3) is 0 Å². The van der Waals surface area contributed by atoms with E-state index in [2.05, 4.69) is 43.0 Å². The van der Waals surface area contributed by atoms with Crippen LogP contribution in [0.15, 0.2) is 30.3 Å². The highest BCUT2D eigenvalue weighted by Gasteiger charge is 2.16. The van der Waals surface area contributed by atoms with Gasteiger partial charge in [0.25, 0.3) is 0 Å². The predicted octanol–water partition coefficient (Wildman–Crippen LogP) is 2.28. The Morgan fingerprint density at radius 1 is 1.20 bits per heavy atom. The highest BCUT2D eigenvalue weighted by molar-refractivity contribution is 5.14. The van der Waals surface area contributed by atoms with Crippen molar-refractivity contribution >= 4 is 0 Å². The van der Waals surface area contributed by atoms with E-state index < -0.39 is 0 Å². The summed E-state index contributed by atoms with van der Waals surface area (Å²) in [4.78, 5) is 2.28. The minimum Gasteiger partial charge on any atom is -0.392 e. The number of benzene rings is 1. The molecular formula is C13H21NO. The molecule has 15 heavy (non-hydrogen) atoms. The average molecular weight is 207 g/mol. The third-order valence-electron chi connectivity index (χ3n) is 2.91. The fourth-order valence-corrected chi connectivity index (χ4v) is 1.67. The molecule has 0 aliphatic heterocycles. The van der Waals surface area contributed by atoms with Crippen LogP contribution in [-0.2, 0) is 6.54 Å². The smallest absolute Gasteiger partial charge is 0.0664 e. The third kappa shape index (κ3) is 3.65. The van der Waals surface area contributed by atoms with Crippen molar-refractivity contribution in [3.63, 3.8) is 0 Å². The molecule has 0 saturated carbocycles. The van der Waals surface area contributed by atoms with Crippen LogP contribution < -0.4 is 0 Å². The van der Waals surface area contributed by atoms with Crippen LogP contribution in [0, 0.1) is 0 Å². The van der Waals surface area contributed by atoms with Crippen LogP contribution in [-0.4, -0.2) is 28.7 Å². The molecule has 0 spiro atoms. The third-order valence-corrected chi connectivity index (χ3v) is 2.91. The Kier molecular flexibility index (Phi) is 4.79. The van der Waals surface area contributed by atoms with Gasteiger partial charge in [0, 0.05) is 12.6 Å². The van der Waals surface area contributed by atoms with Gasteiger partial charge in [-0.15, -0.1) is 0 Å². The number of likely N-dealkylation sites (N-methyl/N-ethyl adjacent to an activating group) is 1. The van der Waals surface area contributed by atoms with E-state index in [0.29, 0.717) is 0 Å². The van der Waals surface area contributed by atoms with E-state index in [9.17, 15) is 5.11 Å². The van der Waals surface area contributed by atoms with Gasteiger partial charge in [-0.1, -0.05) is 37.3 Å². The quantitative estimate of drug-likeness (QED) is 0.800. The molecule has 1 aromatic carbocycles. The molecule has 0 heterocycles. The molecule has 1 aromatic rings. The summed E-state index contributed by atoms with van der Waals surface area (Å²) in [5.41, 5.74) is 1.30. The summed E-state index contributed by atoms with van der Waals surface area (Å²) in [6.45, 7) is 7.90. The first kappa shape index (κ1) is 12.2. The summed E-state index contributed by atoms with van der Waals surface area (Å²) in [5.74, 6) is 0. The van der Waals surface area contributed by atoms with E-state index in [1.807, 2.05) is 13.0 Å². The molecule has 0 saturated heterocycles. The van der Waals surface area contributed by atoms with Gasteiger partial charge in [-0.25, -0.2) is 0 Å². The van der Waals surface area contributed by atoms with Gasteiger partial charge in [-0.3, -0.25) is 4.90 Å². The van der Waals surface area contributed by atoms with E-state index in [1.165, 1.54) is 5.56 Å². The molecule has 0 aromatic heterocycles. The first-order valence-electron chi connectivity index (χ1n) is 5.61. The summed E-state index contributed by atoms with van der Waals surface area (Å²) in [7, 11) is 0. The summed E-state index contributed by atoms with van der Waals surface area (Å²) in [6.07, 6.45) is -0.284.